The Kier molecular flexibility index (Phi) is 4.52. The van der Waals surface area contributed by atoms with E-state index in [4.69, 9.17) is 0 Å². The Labute approximate surface area is 155 Å². The summed E-state index contributed by atoms with van der Waals surface area (Å²) in [5.41, 5.74) is 5.34. The molecule has 4 rings (SSSR count). The molecule has 0 atom stereocenters. The highest BCUT2D eigenvalue weighted by molar-refractivity contribution is 5.81. The van der Waals surface area contributed by atoms with E-state index < -0.39 is 0 Å². The number of rotatable bonds is 5. The van der Waals surface area contributed by atoms with Crippen LogP contribution in [0.1, 0.15) is 11.5 Å². The molecule has 0 aliphatic carbocycles. The molecule has 0 fully saturated rings. The second kappa shape index (κ2) is 7.13. The van der Waals surface area contributed by atoms with Crippen LogP contribution in [-0.4, -0.2) is 32.2 Å². The van der Waals surface area contributed by atoms with Crippen LogP contribution in [0.15, 0.2) is 48.8 Å². The first-order valence-corrected chi connectivity index (χ1v) is 8.62. The first kappa shape index (κ1) is 17.1. The second-order valence-corrected chi connectivity index (χ2v) is 6.29. The maximum atomic E-state index is 14.5. The van der Waals surface area contributed by atoms with Crippen molar-refractivity contribution in [2.24, 2.45) is 0 Å². The zero-order valence-corrected chi connectivity index (χ0v) is 15.0. The number of benzene rings is 1. The summed E-state index contributed by atoms with van der Waals surface area (Å²) in [6.07, 6.45) is 3.38. The van der Waals surface area contributed by atoms with Crippen LogP contribution in [0, 0.1) is 12.7 Å². The molecule has 7 heteroatoms. The average molecular weight is 362 g/mol. The molecule has 0 aliphatic heterocycles. The minimum absolute atomic E-state index is 0.308. The van der Waals surface area contributed by atoms with Crippen LogP contribution < -0.4 is 5.32 Å². The number of pyridine rings is 1. The van der Waals surface area contributed by atoms with E-state index in [0.717, 1.165) is 34.0 Å². The summed E-state index contributed by atoms with van der Waals surface area (Å²) in [7, 11) is 1.84. The first-order chi connectivity index (χ1) is 13.2. The quantitative estimate of drug-likeness (QED) is 0.506. The molecule has 1 aromatic carbocycles. The van der Waals surface area contributed by atoms with Crippen LogP contribution >= 0.6 is 0 Å². The summed E-state index contributed by atoms with van der Waals surface area (Å²) < 4.78 is 14.5. The van der Waals surface area contributed by atoms with Gasteiger partial charge in [-0.1, -0.05) is 12.1 Å². The molecule has 3 N–H and O–H groups in total. The van der Waals surface area contributed by atoms with Gasteiger partial charge in [0.15, 0.2) is 0 Å². The van der Waals surface area contributed by atoms with Crippen molar-refractivity contribution in [1.82, 2.24) is 30.5 Å². The maximum Gasteiger partial charge on any atom is 0.132 e. The lowest BCUT2D eigenvalue weighted by Crippen LogP contribution is -2.06. The van der Waals surface area contributed by atoms with Crippen LogP contribution in [0.3, 0.4) is 0 Å². The molecule has 0 radical (unpaired) electrons. The summed E-state index contributed by atoms with van der Waals surface area (Å²) in [4.78, 5) is 12.0. The largest absolute Gasteiger partial charge is 0.341 e. The molecule has 3 aromatic heterocycles. The van der Waals surface area contributed by atoms with Gasteiger partial charge in [0.1, 0.15) is 11.6 Å². The zero-order chi connectivity index (χ0) is 18.8. The third kappa shape index (κ3) is 3.37. The first-order valence-electron chi connectivity index (χ1n) is 8.62. The van der Waals surface area contributed by atoms with Crippen LogP contribution in [0.4, 0.5) is 4.39 Å². The fourth-order valence-electron chi connectivity index (χ4n) is 3.04. The van der Waals surface area contributed by atoms with Gasteiger partial charge in [0.25, 0.3) is 0 Å². The number of imidazole rings is 1. The van der Waals surface area contributed by atoms with Crippen molar-refractivity contribution < 1.29 is 4.39 Å². The van der Waals surface area contributed by atoms with E-state index >= 15 is 0 Å². The third-order valence-corrected chi connectivity index (χ3v) is 4.32. The molecule has 0 saturated carbocycles. The molecule has 6 nitrogen and oxygen atoms in total. The van der Waals surface area contributed by atoms with E-state index in [9.17, 15) is 4.39 Å². The number of aromatic nitrogens is 5. The predicted molar refractivity (Wildman–Crippen MR) is 102 cm³/mol. The fourth-order valence-corrected chi connectivity index (χ4v) is 3.04. The molecule has 136 valence electrons. The normalized spacial score (nSPS) is 11.1. The summed E-state index contributed by atoms with van der Waals surface area (Å²) in [6.45, 7) is 2.53. The lowest BCUT2D eigenvalue weighted by molar-refractivity contribution is 0.631. The number of nitrogens with zero attached hydrogens (tertiary/aromatic N) is 3. The van der Waals surface area contributed by atoms with Crippen molar-refractivity contribution in [3.8, 4) is 33.8 Å². The van der Waals surface area contributed by atoms with Crippen molar-refractivity contribution in [2.75, 3.05) is 7.05 Å². The van der Waals surface area contributed by atoms with Gasteiger partial charge in [0.05, 0.1) is 36.0 Å². The van der Waals surface area contributed by atoms with Gasteiger partial charge in [-0.15, -0.1) is 0 Å². The molecule has 0 spiro atoms. The van der Waals surface area contributed by atoms with E-state index in [1.165, 1.54) is 6.07 Å². The maximum absolute atomic E-state index is 14.5. The Morgan fingerprint density at radius 2 is 2.00 bits per heavy atom. The Hall–Kier alpha value is -3.32. The van der Waals surface area contributed by atoms with Gasteiger partial charge in [-0.05, 0) is 43.8 Å². The van der Waals surface area contributed by atoms with Gasteiger partial charge >= 0.3 is 0 Å². The minimum atomic E-state index is -0.308. The number of aromatic amines is 2. The Bertz CT molecular complexity index is 1080. The molecule has 4 aromatic rings. The number of H-pyrrole nitrogens is 2. The van der Waals surface area contributed by atoms with E-state index in [1.54, 1.807) is 24.5 Å². The van der Waals surface area contributed by atoms with Crippen LogP contribution in [0.25, 0.3) is 33.8 Å². The van der Waals surface area contributed by atoms with Gasteiger partial charge in [0.2, 0.25) is 0 Å². The van der Waals surface area contributed by atoms with Crippen molar-refractivity contribution in [3.05, 3.63) is 66.1 Å². The van der Waals surface area contributed by atoms with Crippen molar-refractivity contribution >= 4 is 0 Å². The number of nitrogens with one attached hydrogen (secondary N) is 3. The highest BCUT2D eigenvalue weighted by atomic mass is 19.1. The molecule has 0 saturated heterocycles. The molecule has 0 bridgehead atoms. The number of hydrogen-bond acceptors (Lipinski definition) is 4. The van der Waals surface area contributed by atoms with E-state index in [2.05, 4.69) is 30.5 Å². The van der Waals surface area contributed by atoms with Crippen LogP contribution in [-0.2, 0) is 6.54 Å². The molecular formula is C20H19FN6. The lowest BCUT2D eigenvalue weighted by Gasteiger charge is -2.07. The lowest BCUT2D eigenvalue weighted by atomic mass is 10.0. The summed E-state index contributed by atoms with van der Waals surface area (Å²) in [6, 6.07) is 10.8. The summed E-state index contributed by atoms with van der Waals surface area (Å²) in [5, 5.41) is 10.2. The molecule has 3 heterocycles. The average Bonchev–Trinajstić information content (AvgIpc) is 3.32. The number of halogens is 1. The van der Waals surface area contributed by atoms with Crippen LogP contribution in [0.2, 0.25) is 0 Å². The number of aryl methyl sites for hydroxylation is 1. The van der Waals surface area contributed by atoms with Crippen molar-refractivity contribution in [3.63, 3.8) is 0 Å². The van der Waals surface area contributed by atoms with E-state index in [1.807, 2.05) is 32.2 Å². The monoisotopic (exact) mass is 362 g/mol. The predicted octanol–water partition coefficient (Wildman–Crippen LogP) is 3.70. The van der Waals surface area contributed by atoms with E-state index in [0.29, 0.717) is 17.8 Å². The smallest absolute Gasteiger partial charge is 0.132 e. The number of hydrogen-bond donors (Lipinski definition) is 3. The van der Waals surface area contributed by atoms with Gasteiger partial charge in [-0.25, -0.2) is 9.37 Å². The zero-order valence-electron chi connectivity index (χ0n) is 15.0. The molecular weight excluding hydrogens is 343 g/mol. The third-order valence-electron chi connectivity index (χ3n) is 4.32. The van der Waals surface area contributed by atoms with Gasteiger partial charge in [-0.3, -0.25) is 10.1 Å². The van der Waals surface area contributed by atoms with E-state index in [-0.39, 0.29) is 5.82 Å². The van der Waals surface area contributed by atoms with Crippen molar-refractivity contribution in [2.45, 2.75) is 13.5 Å². The van der Waals surface area contributed by atoms with Crippen molar-refractivity contribution in [1.29, 1.82) is 0 Å². The Morgan fingerprint density at radius 1 is 1.11 bits per heavy atom. The van der Waals surface area contributed by atoms with Crippen LogP contribution in [0.5, 0.6) is 0 Å². The summed E-state index contributed by atoms with van der Waals surface area (Å²) in [5.74, 6) is 0.447. The molecule has 0 unspecified atom stereocenters. The second-order valence-electron chi connectivity index (χ2n) is 6.29. The molecule has 27 heavy (non-hydrogen) atoms. The topological polar surface area (TPSA) is 82.3 Å². The Morgan fingerprint density at radius 3 is 2.81 bits per heavy atom. The SMILES string of the molecule is CNCc1ncc(-c2cc(-c3cn[nH]c3-c3cccc(C)n3)ccc2F)[nH]1. The standard InChI is InChI=1S/C20H19FN6/c1-12-4-3-5-17(25-12)20-15(9-24-27-20)13-6-7-16(21)14(8-13)18-10-23-19(26-18)11-22-2/h3-10,22H,11H2,1-2H3,(H,23,26)(H,24,27). The van der Waals surface area contributed by atoms with Gasteiger partial charge in [-0.2, -0.15) is 5.10 Å². The van der Waals surface area contributed by atoms with Gasteiger partial charge < -0.3 is 10.3 Å². The highest BCUT2D eigenvalue weighted by Crippen LogP contribution is 2.32. The molecule has 0 amide bonds. The minimum Gasteiger partial charge on any atom is -0.341 e. The Balaban J connectivity index is 1.77. The molecule has 0 aliphatic rings. The summed E-state index contributed by atoms with van der Waals surface area (Å²) >= 11 is 0. The fraction of sp³-hybridized carbons (Fsp3) is 0.150. The highest BCUT2D eigenvalue weighted by Gasteiger charge is 2.15. The van der Waals surface area contributed by atoms with Gasteiger partial charge in [0, 0.05) is 16.8 Å².